The molecule has 2 aliphatic rings. The quantitative estimate of drug-likeness (QED) is 0.342. The highest BCUT2D eigenvalue weighted by molar-refractivity contribution is 14.1. The van der Waals surface area contributed by atoms with Gasteiger partial charge >= 0.3 is 0 Å². The molecule has 8 heteroatoms. The summed E-state index contributed by atoms with van der Waals surface area (Å²) in [5.41, 5.74) is 12.7. The van der Waals surface area contributed by atoms with Crippen molar-refractivity contribution >= 4 is 68.5 Å². The molecule has 0 saturated carbocycles. The average Bonchev–Trinajstić information content (AvgIpc) is 3.32. The Morgan fingerprint density at radius 3 is 2.57 bits per heavy atom. The number of rotatable bonds is 4. The highest BCUT2D eigenvalue weighted by Gasteiger charge is 2.32. The molecule has 3 N–H and O–H groups in total. The molecule has 28 heavy (non-hydrogen) atoms. The number of nitrogens with one attached hydrogen (secondary N) is 1. The first-order chi connectivity index (χ1) is 13.5. The summed E-state index contributed by atoms with van der Waals surface area (Å²) in [6.45, 7) is 2.03. The minimum atomic E-state index is 0.0338. The second-order valence-corrected chi connectivity index (χ2v) is 9.07. The van der Waals surface area contributed by atoms with E-state index in [9.17, 15) is 0 Å². The standard InChI is InChI=1S/C20H21ClIN5S/c21-16-11-15(23)7-8-18(16)27-19(13-3-5-14(22)6-4-13)12-17(24-27)20(28)25-26-9-1-2-10-26/h3-8,11,19H,1-2,9-10,12,23H2,(H,25,28). The van der Waals surface area contributed by atoms with Gasteiger partial charge in [0.2, 0.25) is 0 Å². The molecular formula is C20H21ClIN5S. The maximum absolute atomic E-state index is 6.50. The smallest absolute Gasteiger partial charge is 0.137 e. The van der Waals surface area contributed by atoms with Crippen molar-refractivity contribution in [1.82, 2.24) is 10.4 Å². The highest BCUT2D eigenvalue weighted by atomic mass is 127. The lowest BCUT2D eigenvalue weighted by molar-refractivity contribution is 0.299. The van der Waals surface area contributed by atoms with Crippen LogP contribution in [0, 0.1) is 3.57 Å². The van der Waals surface area contributed by atoms with E-state index in [1.54, 1.807) is 6.07 Å². The molecule has 0 spiro atoms. The Labute approximate surface area is 189 Å². The number of hydrogen-bond donors (Lipinski definition) is 2. The zero-order valence-electron chi connectivity index (χ0n) is 15.2. The molecule has 2 heterocycles. The second kappa shape index (κ2) is 8.52. The molecule has 0 bridgehead atoms. The third kappa shape index (κ3) is 4.27. The van der Waals surface area contributed by atoms with Crippen molar-refractivity contribution in [2.45, 2.75) is 25.3 Å². The molecule has 2 aliphatic heterocycles. The van der Waals surface area contributed by atoms with Crippen molar-refractivity contribution in [3.8, 4) is 0 Å². The number of hydrazine groups is 1. The van der Waals surface area contributed by atoms with E-state index < -0.39 is 0 Å². The van der Waals surface area contributed by atoms with E-state index in [1.165, 1.54) is 22.0 Å². The molecule has 4 rings (SSSR count). The summed E-state index contributed by atoms with van der Waals surface area (Å²) >= 11 is 14.5. The lowest BCUT2D eigenvalue weighted by Crippen LogP contribution is -2.42. The van der Waals surface area contributed by atoms with Gasteiger partial charge in [-0.15, -0.1) is 0 Å². The number of hydrazone groups is 1. The molecule has 0 aliphatic carbocycles. The Balaban J connectivity index is 1.65. The Morgan fingerprint density at radius 1 is 1.18 bits per heavy atom. The first kappa shape index (κ1) is 19.9. The number of halogens is 2. The number of nitrogens with zero attached hydrogens (tertiary/aromatic N) is 3. The number of nitrogens with two attached hydrogens (primary N) is 1. The summed E-state index contributed by atoms with van der Waals surface area (Å²) in [7, 11) is 0. The van der Waals surface area contributed by atoms with Gasteiger partial charge in [-0.2, -0.15) is 5.10 Å². The van der Waals surface area contributed by atoms with Gasteiger partial charge < -0.3 is 11.2 Å². The van der Waals surface area contributed by atoms with Crippen LogP contribution in [-0.4, -0.2) is 28.8 Å². The zero-order valence-corrected chi connectivity index (χ0v) is 19.0. The average molecular weight is 526 g/mol. The van der Waals surface area contributed by atoms with Crippen LogP contribution in [0.2, 0.25) is 5.02 Å². The summed E-state index contributed by atoms with van der Waals surface area (Å²) in [4.78, 5) is 0.687. The van der Waals surface area contributed by atoms with Crippen molar-refractivity contribution in [1.29, 1.82) is 0 Å². The van der Waals surface area contributed by atoms with Gasteiger partial charge in [-0.3, -0.25) is 5.01 Å². The van der Waals surface area contributed by atoms with E-state index >= 15 is 0 Å². The second-order valence-electron chi connectivity index (χ2n) is 7.01. The monoisotopic (exact) mass is 525 g/mol. The summed E-state index contributed by atoms with van der Waals surface area (Å²) in [6.07, 6.45) is 3.11. The van der Waals surface area contributed by atoms with E-state index in [2.05, 4.69) is 57.3 Å². The number of benzene rings is 2. The van der Waals surface area contributed by atoms with Gasteiger partial charge in [0.15, 0.2) is 0 Å². The van der Waals surface area contributed by atoms with Crippen LogP contribution in [0.25, 0.3) is 0 Å². The predicted octanol–water partition coefficient (Wildman–Crippen LogP) is 4.76. The Hall–Kier alpha value is -1.42. The number of thiocarbonyl (C=S) groups is 1. The minimum absolute atomic E-state index is 0.0338. The van der Waals surface area contributed by atoms with E-state index in [4.69, 9.17) is 34.7 Å². The topological polar surface area (TPSA) is 56.9 Å². The fraction of sp³-hybridized carbons (Fsp3) is 0.300. The molecule has 1 unspecified atom stereocenters. The van der Waals surface area contributed by atoms with Crippen LogP contribution in [0.4, 0.5) is 11.4 Å². The van der Waals surface area contributed by atoms with E-state index in [1.807, 2.05) is 17.1 Å². The maximum Gasteiger partial charge on any atom is 0.137 e. The van der Waals surface area contributed by atoms with Gasteiger partial charge in [0, 0.05) is 28.8 Å². The first-order valence-electron chi connectivity index (χ1n) is 9.24. The SMILES string of the molecule is Nc1ccc(N2N=C(C(=S)NN3CCCC3)CC2c2ccc(I)cc2)c(Cl)c1. The number of hydrogen-bond acceptors (Lipinski definition) is 5. The highest BCUT2D eigenvalue weighted by Crippen LogP contribution is 2.39. The molecule has 1 saturated heterocycles. The van der Waals surface area contributed by atoms with Crippen molar-refractivity contribution in [3.63, 3.8) is 0 Å². The molecular weight excluding hydrogens is 505 g/mol. The van der Waals surface area contributed by atoms with Crippen molar-refractivity contribution < 1.29 is 0 Å². The van der Waals surface area contributed by atoms with Gasteiger partial charge in [0.25, 0.3) is 0 Å². The van der Waals surface area contributed by atoms with E-state index in [0.29, 0.717) is 15.7 Å². The van der Waals surface area contributed by atoms with Gasteiger partial charge in [0.05, 0.1) is 22.5 Å². The van der Waals surface area contributed by atoms with E-state index in [0.717, 1.165) is 30.9 Å². The van der Waals surface area contributed by atoms with Gasteiger partial charge in [-0.05, 0) is 71.3 Å². The molecule has 146 valence electrons. The van der Waals surface area contributed by atoms with Gasteiger partial charge in [-0.1, -0.05) is 36.0 Å². The molecule has 1 atom stereocenters. The van der Waals surface area contributed by atoms with Crippen LogP contribution >= 0.6 is 46.4 Å². The Bertz CT molecular complexity index is 911. The lowest BCUT2D eigenvalue weighted by Gasteiger charge is -2.25. The predicted molar refractivity (Wildman–Crippen MR) is 129 cm³/mol. The summed E-state index contributed by atoms with van der Waals surface area (Å²) in [5, 5.41) is 9.59. The first-order valence-corrected chi connectivity index (χ1v) is 11.1. The van der Waals surface area contributed by atoms with Crippen molar-refractivity contribution in [2.75, 3.05) is 23.8 Å². The third-order valence-corrected chi connectivity index (χ3v) is 6.36. The normalized spacial score (nSPS) is 19.7. The molecule has 1 fully saturated rings. The zero-order chi connectivity index (χ0) is 19.7. The van der Waals surface area contributed by atoms with Gasteiger partial charge in [-0.25, -0.2) is 5.01 Å². The fourth-order valence-corrected chi connectivity index (χ4v) is 4.45. The molecule has 5 nitrogen and oxygen atoms in total. The molecule has 2 aromatic carbocycles. The van der Waals surface area contributed by atoms with E-state index in [-0.39, 0.29) is 6.04 Å². The van der Waals surface area contributed by atoms with Crippen molar-refractivity contribution in [3.05, 3.63) is 56.6 Å². The van der Waals surface area contributed by atoms with Crippen LogP contribution in [0.3, 0.4) is 0 Å². The molecule has 0 amide bonds. The van der Waals surface area contributed by atoms with Crippen LogP contribution in [0.5, 0.6) is 0 Å². The molecule has 2 aromatic rings. The summed E-state index contributed by atoms with van der Waals surface area (Å²) in [5.74, 6) is 0. The Morgan fingerprint density at radius 2 is 1.89 bits per heavy atom. The van der Waals surface area contributed by atoms with Gasteiger partial charge in [0.1, 0.15) is 4.99 Å². The molecule has 0 radical (unpaired) electrons. The summed E-state index contributed by atoms with van der Waals surface area (Å²) in [6, 6.07) is 14.1. The number of nitrogen functional groups attached to an aromatic ring is 1. The largest absolute Gasteiger partial charge is 0.399 e. The van der Waals surface area contributed by atoms with Crippen molar-refractivity contribution in [2.24, 2.45) is 5.10 Å². The Kier molecular flexibility index (Phi) is 6.05. The third-order valence-electron chi connectivity index (χ3n) is 5.01. The number of anilines is 2. The summed E-state index contributed by atoms with van der Waals surface area (Å²) < 4.78 is 1.20. The fourth-order valence-electron chi connectivity index (χ4n) is 3.56. The van der Waals surface area contributed by atoms with Crippen LogP contribution < -0.4 is 16.2 Å². The molecule has 0 aromatic heterocycles. The minimum Gasteiger partial charge on any atom is -0.399 e. The van der Waals surface area contributed by atoms with Crippen LogP contribution in [0.1, 0.15) is 30.9 Å². The van der Waals surface area contributed by atoms with Crippen LogP contribution in [0.15, 0.2) is 47.6 Å². The van der Waals surface area contributed by atoms with Crippen LogP contribution in [-0.2, 0) is 0 Å². The maximum atomic E-state index is 6.50. The lowest BCUT2D eigenvalue weighted by atomic mass is 10.0.